The first kappa shape index (κ1) is 15.1. The van der Waals surface area contributed by atoms with E-state index in [4.69, 9.17) is 33.8 Å². The third kappa shape index (κ3) is 3.41. The van der Waals surface area contributed by atoms with Crippen LogP contribution in [0.1, 0.15) is 31.2 Å². The van der Waals surface area contributed by atoms with Crippen molar-refractivity contribution in [2.45, 2.75) is 43.7 Å². The van der Waals surface area contributed by atoms with E-state index in [9.17, 15) is 0 Å². The van der Waals surface area contributed by atoms with E-state index in [2.05, 4.69) is 5.43 Å². The Morgan fingerprint density at radius 1 is 1.42 bits per heavy atom. The van der Waals surface area contributed by atoms with Crippen LogP contribution in [0.25, 0.3) is 0 Å². The van der Waals surface area contributed by atoms with Crippen molar-refractivity contribution in [1.82, 2.24) is 5.43 Å². The zero-order chi connectivity index (χ0) is 13.9. The predicted molar refractivity (Wildman–Crippen MR) is 79.5 cm³/mol. The minimum absolute atomic E-state index is 0.0118. The molecule has 1 unspecified atom stereocenters. The molecule has 0 amide bonds. The monoisotopic (exact) mass is 302 g/mol. The maximum atomic E-state index is 6.22. The van der Waals surface area contributed by atoms with E-state index in [0.29, 0.717) is 10.0 Å². The molecule has 1 aromatic rings. The van der Waals surface area contributed by atoms with Gasteiger partial charge in [-0.15, -0.1) is 0 Å². The molecule has 106 valence electrons. The maximum Gasteiger partial charge on any atom is 0.0694 e. The number of ether oxygens (including phenoxy) is 1. The fourth-order valence-electron chi connectivity index (χ4n) is 2.67. The lowest BCUT2D eigenvalue weighted by atomic mass is 9.75. The third-order valence-corrected chi connectivity index (χ3v) is 4.91. The molecule has 0 heterocycles. The molecule has 5 heteroatoms. The zero-order valence-electron chi connectivity index (χ0n) is 11.1. The summed E-state index contributed by atoms with van der Waals surface area (Å²) in [6, 6.07) is 5.82. The first-order valence-electron chi connectivity index (χ1n) is 6.54. The van der Waals surface area contributed by atoms with Gasteiger partial charge in [-0.3, -0.25) is 11.3 Å². The number of nitrogens with two attached hydrogens (primary N) is 1. The first-order chi connectivity index (χ1) is 9.10. The topological polar surface area (TPSA) is 47.3 Å². The quantitative estimate of drug-likeness (QED) is 0.626. The lowest BCUT2D eigenvalue weighted by Crippen LogP contribution is -2.48. The average molecular weight is 303 g/mol. The summed E-state index contributed by atoms with van der Waals surface area (Å²) in [6.45, 7) is 0. The van der Waals surface area contributed by atoms with Crippen LogP contribution < -0.4 is 11.3 Å². The van der Waals surface area contributed by atoms with Crippen LogP contribution in [0.2, 0.25) is 10.0 Å². The number of rotatable bonds is 6. The summed E-state index contributed by atoms with van der Waals surface area (Å²) in [5, 5.41) is 1.20. The molecule has 0 aliphatic heterocycles. The number of hydrogen-bond acceptors (Lipinski definition) is 3. The molecule has 0 spiro atoms. The molecule has 1 fully saturated rings. The highest BCUT2D eigenvalue weighted by Crippen LogP contribution is 2.39. The van der Waals surface area contributed by atoms with Crippen molar-refractivity contribution in [3.8, 4) is 0 Å². The lowest BCUT2D eigenvalue weighted by Gasteiger charge is -2.42. The smallest absolute Gasteiger partial charge is 0.0694 e. The van der Waals surface area contributed by atoms with Crippen LogP contribution in [-0.2, 0) is 11.2 Å². The Bertz CT molecular complexity index is 430. The minimum Gasteiger partial charge on any atom is -0.378 e. The molecule has 0 radical (unpaired) electrons. The number of halogens is 2. The Morgan fingerprint density at radius 3 is 2.68 bits per heavy atom. The molecule has 1 aliphatic carbocycles. The fourth-order valence-corrected chi connectivity index (χ4v) is 3.07. The number of hydrogen-bond donors (Lipinski definition) is 2. The summed E-state index contributed by atoms with van der Waals surface area (Å²) < 4.78 is 5.64. The van der Waals surface area contributed by atoms with Crippen LogP contribution >= 0.6 is 23.2 Å². The van der Waals surface area contributed by atoms with Gasteiger partial charge in [-0.25, -0.2) is 0 Å². The number of benzene rings is 1. The Balaban J connectivity index is 2.04. The van der Waals surface area contributed by atoms with E-state index < -0.39 is 0 Å². The standard InChI is InChI=1S/C14H20Cl2N2O/c1-19-14(6-3-7-14)9-11(18-17)8-10-4-2-5-12(15)13(10)16/h2,4-5,11,18H,3,6-9,17H2,1H3. The van der Waals surface area contributed by atoms with Crippen molar-refractivity contribution in [3.63, 3.8) is 0 Å². The van der Waals surface area contributed by atoms with Gasteiger partial charge in [0.2, 0.25) is 0 Å². The number of nitrogens with one attached hydrogen (secondary N) is 1. The van der Waals surface area contributed by atoms with Gasteiger partial charge in [0.25, 0.3) is 0 Å². The highest BCUT2D eigenvalue weighted by atomic mass is 35.5. The predicted octanol–water partition coefficient (Wildman–Crippen LogP) is 3.33. The van der Waals surface area contributed by atoms with Crippen LogP contribution in [0.3, 0.4) is 0 Å². The van der Waals surface area contributed by atoms with Gasteiger partial charge in [0.1, 0.15) is 0 Å². The zero-order valence-corrected chi connectivity index (χ0v) is 12.6. The average Bonchev–Trinajstić information content (AvgIpc) is 2.37. The second-order valence-corrected chi connectivity index (χ2v) is 6.01. The second-order valence-electron chi connectivity index (χ2n) is 5.23. The number of methoxy groups -OCH3 is 1. The van der Waals surface area contributed by atoms with Gasteiger partial charge in [0.15, 0.2) is 0 Å². The highest BCUT2D eigenvalue weighted by Gasteiger charge is 2.38. The van der Waals surface area contributed by atoms with Crippen LogP contribution in [0, 0.1) is 0 Å². The van der Waals surface area contributed by atoms with Gasteiger partial charge in [-0.1, -0.05) is 35.3 Å². The molecule has 0 bridgehead atoms. The van der Waals surface area contributed by atoms with Crippen molar-refractivity contribution < 1.29 is 4.74 Å². The van der Waals surface area contributed by atoms with E-state index >= 15 is 0 Å². The Hall–Kier alpha value is -0.320. The highest BCUT2D eigenvalue weighted by molar-refractivity contribution is 6.42. The van der Waals surface area contributed by atoms with Crippen molar-refractivity contribution >= 4 is 23.2 Å². The first-order valence-corrected chi connectivity index (χ1v) is 7.30. The number of hydrazine groups is 1. The van der Waals surface area contributed by atoms with Crippen LogP contribution in [0.4, 0.5) is 0 Å². The molecule has 3 N–H and O–H groups in total. The third-order valence-electron chi connectivity index (χ3n) is 4.05. The Labute approximate surface area is 124 Å². The Kier molecular flexibility index (Phi) is 5.09. The molecule has 1 aliphatic rings. The molecule has 0 aromatic heterocycles. The lowest BCUT2D eigenvalue weighted by molar-refractivity contribution is -0.0834. The molecular weight excluding hydrogens is 283 g/mol. The van der Waals surface area contributed by atoms with Crippen molar-refractivity contribution in [1.29, 1.82) is 0 Å². The molecule has 19 heavy (non-hydrogen) atoms. The van der Waals surface area contributed by atoms with Crippen molar-refractivity contribution in [2.75, 3.05) is 7.11 Å². The van der Waals surface area contributed by atoms with E-state index in [1.165, 1.54) is 6.42 Å². The molecule has 1 saturated carbocycles. The van der Waals surface area contributed by atoms with Gasteiger partial charge >= 0.3 is 0 Å². The maximum absolute atomic E-state index is 6.22. The van der Waals surface area contributed by atoms with Crippen molar-refractivity contribution in [3.05, 3.63) is 33.8 Å². The van der Waals surface area contributed by atoms with Gasteiger partial charge in [-0.2, -0.15) is 0 Å². The van der Waals surface area contributed by atoms with E-state index in [0.717, 1.165) is 31.2 Å². The summed E-state index contributed by atoms with van der Waals surface area (Å²) in [5.74, 6) is 5.67. The van der Waals surface area contributed by atoms with Gasteiger partial charge < -0.3 is 4.74 Å². The molecule has 1 aromatic carbocycles. The van der Waals surface area contributed by atoms with Gasteiger partial charge in [-0.05, 0) is 43.7 Å². The second kappa shape index (κ2) is 6.42. The largest absolute Gasteiger partial charge is 0.378 e. The van der Waals surface area contributed by atoms with Crippen LogP contribution in [0.15, 0.2) is 18.2 Å². The van der Waals surface area contributed by atoms with E-state index in [1.807, 2.05) is 12.1 Å². The molecule has 2 rings (SSSR count). The van der Waals surface area contributed by atoms with E-state index in [-0.39, 0.29) is 11.6 Å². The minimum atomic E-state index is -0.0118. The Morgan fingerprint density at radius 2 is 2.16 bits per heavy atom. The SMILES string of the molecule is COC1(CC(Cc2cccc(Cl)c2Cl)NN)CCC1. The summed E-state index contributed by atoms with van der Waals surface area (Å²) in [4.78, 5) is 0. The van der Waals surface area contributed by atoms with E-state index in [1.54, 1.807) is 13.2 Å². The fraction of sp³-hybridized carbons (Fsp3) is 0.571. The summed E-state index contributed by atoms with van der Waals surface area (Å²) in [7, 11) is 1.78. The summed E-state index contributed by atoms with van der Waals surface area (Å²) in [6.07, 6.45) is 5.07. The molecule has 1 atom stereocenters. The van der Waals surface area contributed by atoms with Gasteiger partial charge in [0.05, 0.1) is 15.6 Å². The van der Waals surface area contributed by atoms with Gasteiger partial charge in [0, 0.05) is 13.2 Å². The van der Waals surface area contributed by atoms with Crippen LogP contribution in [-0.4, -0.2) is 18.8 Å². The summed E-state index contributed by atoms with van der Waals surface area (Å²) >= 11 is 12.2. The normalized spacial score (nSPS) is 18.9. The van der Waals surface area contributed by atoms with Crippen LogP contribution in [0.5, 0.6) is 0 Å². The molecule has 0 saturated heterocycles. The summed E-state index contributed by atoms with van der Waals surface area (Å²) in [5.41, 5.74) is 3.88. The molecule has 3 nitrogen and oxygen atoms in total. The molecular formula is C14H20Cl2N2O. The van der Waals surface area contributed by atoms with Crippen molar-refractivity contribution in [2.24, 2.45) is 5.84 Å².